The highest BCUT2D eigenvalue weighted by molar-refractivity contribution is 5.32. The van der Waals surface area contributed by atoms with Crippen molar-refractivity contribution in [2.24, 2.45) is 5.73 Å². The van der Waals surface area contributed by atoms with E-state index in [0.717, 1.165) is 11.3 Å². The fourth-order valence-corrected chi connectivity index (χ4v) is 1.82. The summed E-state index contributed by atoms with van der Waals surface area (Å²) in [6, 6.07) is 14.2. The molecule has 0 radical (unpaired) electrons. The van der Waals surface area contributed by atoms with Crippen LogP contribution in [0.5, 0.6) is 5.75 Å². The van der Waals surface area contributed by atoms with E-state index in [2.05, 4.69) is 0 Å². The van der Waals surface area contributed by atoms with Gasteiger partial charge in [0.2, 0.25) is 0 Å². The molecule has 0 aliphatic heterocycles. The molecule has 0 unspecified atom stereocenters. The topological polar surface area (TPSA) is 44.5 Å². The zero-order chi connectivity index (χ0) is 14.2. The van der Waals surface area contributed by atoms with Crippen molar-refractivity contribution in [1.82, 2.24) is 0 Å². The van der Waals surface area contributed by atoms with Gasteiger partial charge in [-0.25, -0.2) is 4.39 Å². The van der Waals surface area contributed by atoms with Gasteiger partial charge in [-0.3, -0.25) is 0 Å². The number of benzene rings is 2. The van der Waals surface area contributed by atoms with E-state index < -0.39 is 0 Å². The fourth-order valence-electron chi connectivity index (χ4n) is 1.82. The van der Waals surface area contributed by atoms with Crippen LogP contribution in [0.25, 0.3) is 0 Å². The second-order valence-corrected chi connectivity index (χ2v) is 4.30. The number of hydrogen-bond acceptors (Lipinski definition) is 3. The molecule has 0 aliphatic carbocycles. The third-order valence-electron chi connectivity index (χ3n) is 2.89. The molecule has 0 aliphatic rings. The molecule has 0 amide bonds. The van der Waals surface area contributed by atoms with Crippen LogP contribution in [0.4, 0.5) is 4.39 Å². The van der Waals surface area contributed by atoms with E-state index in [1.165, 1.54) is 6.07 Å². The highest BCUT2D eigenvalue weighted by Crippen LogP contribution is 2.16. The molecule has 2 rings (SSSR count). The smallest absolute Gasteiger partial charge is 0.128 e. The van der Waals surface area contributed by atoms with Crippen LogP contribution in [0, 0.1) is 5.82 Å². The first-order valence-corrected chi connectivity index (χ1v) is 6.53. The van der Waals surface area contributed by atoms with E-state index in [1.807, 2.05) is 24.3 Å². The molecule has 0 bridgehead atoms. The van der Waals surface area contributed by atoms with Gasteiger partial charge in [-0.2, -0.15) is 0 Å². The Morgan fingerprint density at radius 3 is 2.35 bits per heavy atom. The average molecular weight is 275 g/mol. The summed E-state index contributed by atoms with van der Waals surface area (Å²) in [4.78, 5) is 0. The molecule has 0 aromatic heterocycles. The second kappa shape index (κ2) is 7.62. The second-order valence-electron chi connectivity index (χ2n) is 4.30. The lowest BCUT2D eigenvalue weighted by Gasteiger charge is -2.10. The van der Waals surface area contributed by atoms with Gasteiger partial charge >= 0.3 is 0 Å². The van der Waals surface area contributed by atoms with Gasteiger partial charge < -0.3 is 15.2 Å². The van der Waals surface area contributed by atoms with Crippen molar-refractivity contribution in [1.29, 1.82) is 0 Å². The minimum absolute atomic E-state index is 0.245. The predicted octanol–water partition coefficient (Wildman–Crippen LogP) is 2.88. The maximum atomic E-state index is 13.3. The minimum atomic E-state index is -0.248. The van der Waals surface area contributed by atoms with Gasteiger partial charge in [0.05, 0.1) is 13.2 Å². The summed E-state index contributed by atoms with van der Waals surface area (Å²) < 4.78 is 24.3. The number of hydrogen-bond donors (Lipinski definition) is 1. The molecule has 20 heavy (non-hydrogen) atoms. The van der Waals surface area contributed by atoms with Crippen molar-refractivity contribution >= 4 is 0 Å². The summed E-state index contributed by atoms with van der Waals surface area (Å²) in [7, 11) is 0. The maximum Gasteiger partial charge on any atom is 0.128 e. The lowest BCUT2D eigenvalue weighted by Crippen LogP contribution is -2.09. The molecule has 0 saturated heterocycles. The summed E-state index contributed by atoms with van der Waals surface area (Å²) in [5.41, 5.74) is 7.13. The Hall–Kier alpha value is -1.91. The van der Waals surface area contributed by atoms with Crippen molar-refractivity contribution in [2.45, 2.75) is 13.2 Å². The van der Waals surface area contributed by atoms with E-state index in [1.54, 1.807) is 18.2 Å². The monoisotopic (exact) mass is 275 g/mol. The number of ether oxygens (including phenoxy) is 2. The van der Waals surface area contributed by atoms with Crippen LogP contribution in [-0.2, 0) is 17.9 Å². The molecule has 3 nitrogen and oxygen atoms in total. The zero-order valence-electron chi connectivity index (χ0n) is 11.2. The Labute approximate surface area is 118 Å². The molecule has 0 atom stereocenters. The van der Waals surface area contributed by atoms with E-state index in [-0.39, 0.29) is 12.4 Å². The molecular weight excluding hydrogens is 257 g/mol. The Kier molecular flexibility index (Phi) is 5.53. The van der Waals surface area contributed by atoms with Crippen LogP contribution in [-0.4, -0.2) is 13.2 Å². The molecule has 2 aromatic rings. The summed E-state index contributed by atoms with van der Waals surface area (Å²) in [5, 5.41) is 0. The molecule has 106 valence electrons. The summed E-state index contributed by atoms with van der Waals surface area (Å²) in [6.45, 7) is 1.49. The zero-order valence-corrected chi connectivity index (χ0v) is 11.2. The molecule has 4 heteroatoms. The molecule has 0 spiro atoms. The van der Waals surface area contributed by atoms with Crippen LogP contribution in [0.2, 0.25) is 0 Å². The van der Waals surface area contributed by atoms with E-state index in [4.69, 9.17) is 15.2 Å². The molecule has 0 fully saturated rings. The van der Waals surface area contributed by atoms with Crippen molar-refractivity contribution < 1.29 is 13.9 Å². The van der Waals surface area contributed by atoms with Gasteiger partial charge in [-0.15, -0.1) is 0 Å². The maximum absolute atomic E-state index is 13.3. The number of halogens is 1. The van der Waals surface area contributed by atoms with Crippen LogP contribution in [0.15, 0.2) is 48.5 Å². The van der Waals surface area contributed by atoms with E-state index in [0.29, 0.717) is 25.3 Å². The quantitative estimate of drug-likeness (QED) is 0.790. The Morgan fingerprint density at radius 2 is 1.60 bits per heavy atom. The lowest BCUT2D eigenvalue weighted by atomic mass is 10.2. The van der Waals surface area contributed by atoms with E-state index in [9.17, 15) is 4.39 Å². The van der Waals surface area contributed by atoms with Gasteiger partial charge in [-0.1, -0.05) is 36.4 Å². The first-order chi connectivity index (χ1) is 9.81. The van der Waals surface area contributed by atoms with Crippen LogP contribution in [0.1, 0.15) is 11.1 Å². The normalized spacial score (nSPS) is 10.5. The minimum Gasteiger partial charge on any atom is -0.491 e. The van der Waals surface area contributed by atoms with Crippen molar-refractivity contribution in [3.05, 3.63) is 65.5 Å². The van der Waals surface area contributed by atoms with Crippen molar-refractivity contribution in [3.63, 3.8) is 0 Å². The Bertz CT molecular complexity index is 546. The molecule has 2 aromatic carbocycles. The first kappa shape index (κ1) is 14.5. The summed E-state index contributed by atoms with van der Waals surface area (Å²) in [6.07, 6.45) is 0. The van der Waals surface area contributed by atoms with Crippen LogP contribution >= 0.6 is 0 Å². The van der Waals surface area contributed by atoms with Gasteiger partial charge in [-0.05, 0) is 12.1 Å². The Balaban J connectivity index is 1.73. The largest absolute Gasteiger partial charge is 0.491 e. The van der Waals surface area contributed by atoms with E-state index >= 15 is 0 Å². The Morgan fingerprint density at radius 1 is 0.900 bits per heavy atom. The highest BCUT2D eigenvalue weighted by atomic mass is 19.1. The molecule has 2 N–H and O–H groups in total. The highest BCUT2D eigenvalue weighted by Gasteiger charge is 2.02. The van der Waals surface area contributed by atoms with Crippen LogP contribution < -0.4 is 10.5 Å². The number of rotatable bonds is 7. The number of para-hydroxylation sites is 1. The van der Waals surface area contributed by atoms with Gasteiger partial charge in [0.1, 0.15) is 18.2 Å². The standard InChI is InChI=1S/C16H18FNO2/c17-15-7-3-1-6-14(15)12-19-9-10-20-16-8-4-2-5-13(16)11-18/h1-8H,9-12,18H2. The predicted molar refractivity (Wildman–Crippen MR) is 75.9 cm³/mol. The van der Waals surface area contributed by atoms with Crippen molar-refractivity contribution in [2.75, 3.05) is 13.2 Å². The van der Waals surface area contributed by atoms with Crippen molar-refractivity contribution in [3.8, 4) is 5.75 Å². The third-order valence-corrected chi connectivity index (χ3v) is 2.89. The van der Waals surface area contributed by atoms with Gasteiger partial charge in [0.15, 0.2) is 0 Å². The molecular formula is C16H18FNO2. The van der Waals surface area contributed by atoms with Gasteiger partial charge in [0, 0.05) is 17.7 Å². The lowest BCUT2D eigenvalue weighted by molar-refractivity contribution is 0.0869. The summed E-state index contributed by atoms with van der Waals surface area (Å²) >= 11 is 0. The van der Waals surface area contributed by atoms with Gasteiger partial charge in [0.25, 0.3) is 0 Å². The summed E-state index contributed by atoms with van der Waals surface area (Å²) in [5.74, 6) is 0.520. The van der Waals surface area contributed by atoms with Crippen LogP contribution in [0.3, 0.4) is 0 Å². The first-order valence-electron chi connectivity index (χ1n) is 6.53. The molecule has 0 saturated carbocycles. The third kappa shape index (κ3) is 4.05. The number of nitrogens with two attached hydrogens (primary N) is 1. The fraction of sp³-hybridized carbons (Fsp3) is 0.250. The SMILES string of the molecule is NCc1ccccc1OCCOCc1ccccc1F. The molecule has 0 heterocycles. The average Bonchev–Trinajstić information content (AvgIpc) is 2.49.